The number of aromatic nitrogens is 1. The van der Waals surface area contributed by atoms with Gasteiger partial charge in [-0.1, -0.05) is 0 Å². The molecule has 0 radical (unpaired) electrons. The van der Waals surface area contributed by atoms with Crippen molar-refractivity contribution in [2.75, 3.05) is 33.4 Å². The Bertz CT molecular complexity index is 1010. The van der Waals surface area contributed by atoms with E-state index in [0.29, 0.717) is 19.3 Å². The summed E-state index contributed by atoms with van der Waals surface area (Å²) in [5.41, 5.74) is 11.7. The molecule has 2 saturated heterocycles. The van der Waals surface area contributed by atoms with E-state index in [1.165, 1.54) is 16.7 Å². The second-order valence-corrected chi connectivity index (χ2v) is 9.99. The van der Waals surface area contributed by atoms with Crippen molar-refractivity contribution >= 4 is 0 Å². The number of piperidine rings is 1. The topological polar surface area (TPSA) is 79.1 Å². The normalized spacial score (nSPS) is 28.8. The highest BCUT2D eigenvalue weighted by atomic mass is 16.7. The van der Waals surface area contributed by atoms with Gasteiger partial charge >= 0.3 is 0 Å². The Morgan fingerprint density at radius 1 is 1.24 bits per heavy atom. The average molecular weight is 454 g/mol. The van der Waals surface area contributed by atoms with Crippen LogP contribution < -0.4 is 15.2 Å². The predicted octanol–water partition coefficient (Wildman–Crippen LogP) is 3.34. The van der Waals surface area contributed by atoms with Crippen molar-refractivity contribution in [2.24, 2.45) is 5.73 Å². The Balaban J connectivity index is 1.33. The molecule has 0 amide bonds. The Kier molecular flexibility index (Phi) is 6.07. The molecule has 3 aliphatic heterocycles. The number of hydrogen-bond donors (Lipinski definition) is 1. The summed E-state index contributed by atoms with van der Waals surface area (Å²) in [4.78, 5) is 7.20. The number of pyridine rings is 1. The first-order chi connectivity index (χ1) is 15.8. The van der Waals surface area contributed by atoms with E-state index < -0.39 is 5.79 Å². The highest BCUT2D eigenvalue weighted by Crippen LogP contribution is 2.44. The number of methoxy groups -OCH3 is 1. The van der Waals surface area contributed by atoms with Crippen LogP contribution in [0, 0.1) is 6.92 Å². The van der Waals surface area contributed by atoms with Gasteiger partial charge in [-0.15, -0.1) is 0 Å². The van der Waals surface area contributed by atoms with Crippen molar-refractivity contribution in [2.45, 2.75) is 63.5 Å². The zero-order chi connectivity index (χ0) is 23.2. The molecule has 0 spiro atoms. The number of aryl methyl sites for hydroxylation is 1. The summed E-state index contributed by atoms with van der Waals surface area (Å²) in [5.74, 6) is 1.22. The molecular weight excluding hydrogens is 418 g/mol. The summed E-state index contributed by atoms with van der Waals surface area (Å²) in [5, 5.41) is 0. The van der Waals surface area contributed by atoms with Crippen LogP contribution in [0.25, 0.3) is 0 Å². The fourth-order valence-electron chi connectivity index (χ4n) is 5.44. The van der Waals surface area contributed by atoms with Gasteiger partial charge < -0.3 is 24.7 Å². The molecule has 33 heavy (non-hydrogen) atoms. The quantitative estimate of drug-likeness (QED) is 0.744. The monoisotopic (exact) mass is 453 g/mol. The standard InChI is InChI=1S/C26H35N3O4/c1-16-5-7-28-22(9-16)20-13-29-8-6-17-10-25(31-14-18-15-32-26(2,3)33-18)24(30-4)11-19(17)23(29)12-21(20)27/h5,7,9-11,18,20-21,23H,6,8,12-15,27H2,1-4H3/t18-,20-,21-,23-/m1/s1. The molecule has 0 saturated carbocycles. The molecule has 2 fully saturated rings. The SMILES string of the molecule is COc1cc2c(cc1OC[C@@H]1COC(C)(C)O1)CCN1C[C@@H](c3cc(C)ccn3)[C@H](N)C[C@H]21. The van der Waals surface area contributed by atoms with Crippen LogP contribution >= 0.6 is 0 Å². The molecular formula is C26H35N3O4. The van der Waals surface area contributed by atoms with Crippen LogP contribution in [0.5, 0.6) is 11.5 Å². The van der Waals surface area contributed by atoms with Crippen molar-refractivity contribution in [3.63, 3.8) is 0 Å². The lowest BCUT2D eigenvalue weighted by Crippen LogP contribution is -2.50. The maximum atomic E-state index is 6.72. The summed E-state index contributed by atoms with van der Waals surface area (Å²) >= 11 is 0. The van der Waals surface area contributed by atoms with Gasteiger partial charge in [0.05, 0.1) is 13.7 Å². The van der Waals surface area contributed by atoms with Gasteiger partial charge in [-0.25, -0.2) is 0 Å². The minimum absolute atomic E-state index is 0.0660. The Hall–Kier alpha value is -2.19. The van der Waals surface area contributed by atoms with Crippen molar-refractivity contribution in [3.8, 4) is 11.5 Å². The molecule has 0 unspecified atom stereocenters. The number of nitrogens with two attached hydrogens (primary N) is 1. The molecule has 2 N–H and O–H groups in total. The second kappa shape index (κ2) is 8.87. The van der Waals surface area contributed by atoms with Gasteiger partial charge in [-0.3, -0.25) is 9.88 Å². The molecule has 178 valence electrons. The van der Waals surface area contributed by atoms with Gasteiger partial charge in [-0.2, -0.15) is 0 Å². The average Bonchev–Trinajstić information content (AvgIpc) is 3.15. The fraction of sp³-hybridized carbons (Fsp3) is 0.577. The van der Waals surface area contributed by atoms with Crippen LogP contribution in [0.15, 0.2) is 30.5 Å². The zero-order valence-electron chi connectivity index (χ0n) is 20.0. The molecule has 4 heterocycles. The highest BCUT2D eigenvalue weighted by molar-refractivity contribution is 5.50. The van der Waals surface area contributed by atoms with E-state index >= 15 is 0 Å². The van der Waals surface area contributed by atoms with Crippen LogP contribution in [-0.2, 0) is 15.9 Å². The number of nitrogens with zero attached hydrogens (tertiary/aromatic N) is 2. The van der Waals surface area contributed by atoms with Crippen molar-refractivity contribution in [1.29, 1.82) is 0 Å². The van der Waals surface area contributed by atoms with Gasteiger partial charge in [0, 0.05) is 43.0 Å². The Labute approximate surface area is 196 Å². The van der Waals surface area contributed by atoms with Crippen LogP contribution in [0.3, 0.4) is 0 Å². The molecule has 5 rings (SSSR count). The molecule has 7 nitrogen and oxygen atoms in total. The molecule has 1 aromatic carbocycles. The van der Waals surface area contributed by atoms with Gasteiger partial charge in [0.25, 0.3) is 0 Å². The lowest BCUT2D eigenvalue weighted by molar-refractivity contribution is -0.141. The maximum Gasteiger partial charge on any atom is 0.163 e. The van der Waals surface area contributed by atoms with E-state index in [4.69, 9.17) is 24.7 Å². The molecule has 2 aromatic rings. The number of benzene rings is 1. The predicted molar refractivity (Wildman–Crippen MR) is 126 cm³/mol. The smallest absolute Gasteiger partial charge is 0.163 e. The highest BCUT2D eigenvalue weighted by Gasteiger charge is 2.39. The van der Waals surface area contributed by atoms with Crippen LogP contribution in [0.4, 0.5) is 0 Å². The number of fused-ring (bicyclic) bond motifs is 3. The second-order valence-electron chi connectivity index (χ2n) is 9.99. The lowest BCUT2D eigenvalue weighted by Gasteiger charge is -2.46. The van der Waals surface area contributed by atoms with Crippen LogP contribution in [0.1, 0.15) is 54.6 Å². The summed E-state index contributed by atoms with van der Waals surface area (Å²) in [6.45, 7) is 8.86. The first kappa shape index (κ1) is 22.6. The van der Waals surface area contributed by atoms with E-state index in [-0.39, 0.29) is 18.1 Å². The number of rotatable bonds is 5. The molecule has 7 heteroatoms. The summed E-state index contributed by atoms with van der Waals surface area (Å²) < 4.78 is 23.4. The van der Waals surface area contributed by atoms with Gasteiger partial charge in [-0.05, 0) is 74.6 Å². The van der Waals surface area contributed by atoms with Gasteiger partial charge in [0.2, 0.25) is 0 Å². The molecule has 0 aliphatic carbocycles. The molecule has 3 aliphatic rings. The first-order valence-electron chi connectivity index (χ1n) is 11.9. The number of ether oxygens (including phenoxy) is 4. The van der Waals surface area contributed by atoms with Gasteiger partial charge in [0.15, 0.2) is 17.3 Å². The largest absolute Gasteiger partial charge is 0.493 e. The van der Waals surface area contributed by atoms with E-state index in [1.54, 1.807) is 7.11 Å². The van der Waals surface area contributed by atoms with Gasteiger partial charge in [0.1, 0.15) is 12.7 Å². The zero-order valence-corrected chi connectivity index (χ0v) is 20.0. The summed E-state index contributed by atoms with van der Waals surface area (Å²) in [7, 11) is 1.69. The minimum atomic E-state index is -0.553. The molecule has 1 aromatic heterocycles. The minimum Gasteiger partial charge on any atom is -0.493 e. The summed E-state index contributed by atoms with van der Waals surface area (Å²) in [6, 6.07) is 8.87. The van der Waals surface area contributed by atoms with E-state index in [1.807, 2.05) is 26.1 Å². The third-order valence-electron chi connectivity index (χ3n) is 7.15. The van der Waals surface area contributed by atoms with Crippen molar-refractivity contribution < 1.29 is 18.9 Å². The molecule has 4 atom stereocenters. The van der Waals surface area contributed by atoms with Crippen molar-refractivity contribution in [1.82, 2.24) is 9.88 Å². The Morgan fingerprint density at radius 3 is 2.82 bits per heavy atom. The Morgan fingerprint density at radius 2 is 2.09 bits per heavy atom. The van der Waals surface area contributed by atoms with Crippen LogP contribution in [0.2, 0.25) is 0 Å². The third kappa shape index (κ3) is 4.60. The third-order valence-corrected chi connectivity index (χ3v) is 7.15. The lowest BCUT2D eigenvalue weighted by atomic mass is 9.79. The van der Waals surface area contributed by atoms with Crippen LogP contribution in [-0.4, -0.2) is 61.2 Å². The molecule has 0 bridgehead atoms. The van der Waals surface area contributed by atoms with E-state index in [2.05, 4.69) is 35.0 Å². The maximum absolute atomic E-state index is 6.72. The fourth-order valence-corrected chi connectivity index (χ4v) is 5.44. The summed E-state index contributed by atoms with van der Waals surface area (Å²) in [6.07, 6.45) is 3.69. The van der Waals surface area contributed by atoms with Crippen molar-refractivity contribution in [3.05, 3.63) is 52.8 Å². The number of hydrogen-bond acceptors (Lipinski definition) is 7. The van der Waals surface area contributed by atoms with E-state index in [9.17, 15) is 0 Å². The first-order valence-corrected chi connectivity index (χ1v) is 11.9. The van der Waals surface area contributed by atoms with E-state index in [0.717, 1.165) is 43.1 Å².